The maximum absolute atomic E-state index is 5.53. The molecule has 0 bridgehead atoms. The average Bonchev–Trinajstić information content (AvgIpc) is 1.66. The van der Waals surface area contributed by atoms with E-state index in [9.17, 15) is 0 Å². The maximum atomic E-state index is 5.53. The van der Waals surface area contributed by atoms with Gasteiger partial charge in [-0.2, -0.15) is 0 Å². The number of hydrogen-bond donors (Lipinski definition) is 1. The summed E-state index contributed by atoms with van der Waals surface area (Å²) in [4.78, 5) is 0. The molecule has 0 rings (SSSR count). The molecular weight excluding hydrogens is 114 g/mol. The second kappa shape index (κ2) is 7.92. The van der Waals surface area contributed by atoms with Crippen LogP contribution in [-0.4, -0.2) is 11.5 Å². The smallest absolute Gasteiger partial charge is 0.00104 e. The maximum Gasteiger partial charge on any atom is 0.00104 e. The molecular formula is C7H19NO. The molecule has 0 amide bonds. The predicted molar refractivity (Wildman–Crippen MR) is 41.4 cm³/mol. The lowest BCUT2D eigenvalue weighted by atomic mass is 10.1. The lowest BCUT2D eigenvalue weighted by Crippen LogP contribution is -2.13. The Morgan fingerprint density at radius 2 is 1.89 bits per heavy atom. The topological polar surface area (TPSA) is 57.5 Å². The number of rotatable bonds is 4. The molecule has 9 heavy (non-hydrogen) atoms. The van der Waals surface area contributed by atoms with Crippen molar-refractivity contribution in [2.75, 3.05) is 0 Å². The first-order valence-electron chi connectivity index (χ1n) is 3.53. The second-order valence-electron chi connectivity index (χ2n) is 2.47. The van der Waals surface area contributed by atoms with Crippen LogP contribution >= 0.6 is 0 Å². The van der Waals surface area contributed by atoms with Gasteiger partial charge in [0.15, 0.2) is 0 Å². The molecule has 0 saturated carbocycles. The van der Waals surface area contributed by atoms with Crippen LogP contribution in [0.3, 0.4) is 0 Å². The molecule has 1 unspecified atom stereocenters. The third-order valence-corrected chi connectivity index (χ3v) is 1.26. The molecule has 0 aromatic heterocycles. The zero-order chi connectivity index (χ0) is 6.41. The fraction of sp³-hybridized carbons (Fsp3) is 1.00. The summed E-state index contributed by atoms with van der Waals surface area (Å²) in [7, 11) is 0. The van der Waals surface area contributed by atoms with Crippen LogP contribution in [0.15, 0.2) is 0 Å². The van der Waals surface area contributed by atoms with Gasteiger partial charge in [-0.25, -0.2) is 0 Å². The molecule has 58 valence electrons. The zero-order valence-corrected chi connectivity index (χ0v) is 6.48. The van der Waals surface area contributed by atoms with E-state index in [-0.39, 0.29) is 5.48 Å². The summed E-state index contributed by atoms with van der Waals surface area (Å²) in [6, 6.07) is 0.404. The first-order chi connectivity index (χ1) is 3.77. The molecule has 2 nitrogen and oxygen atoms in total. The standard InChI is InChI=1S/C7H17N.H2O/c1-3-4-5-6-7(2)8;/h7H,3-6,8H2,1-2H3;1H2. The highest BCUT2D eigenvalue weighted by Gasteiger charge is 1.90. The predicted octanol–water partition coefficient (Wildman–Crippen LogP) is 1.09. The minimum Gasteiger partial charge on any atom is -0.412 e. The molecule has 0 aliphatic rings. The molecule has 1 atom stereocenters. The Hall–Kier alpha value is -0.0800. The van der Waals surface area contributed by atoms with E-state index in [0.717, 1.165) is 0 Å². The van der Waals surface area contributed by atoms with Gasteiger partial charge >= 0.3 is 0 Å². The quantitative estimate of drug-likeness (QED) is 0.573. The Balaban J connectivity index is 0. The largest absolute Gasteiger partial charge is 0.412 e. The Morgan fingerprint density at radius 3 is 2.22 bits per heavy atom. The van der Waals surface area contributed by atoms with Crippen LogP contribution < -0.4 is 5.73 Å². The van der Waals surface area contributed by atoms with Gasteiger partial charge in [0.1, 0.15) is 0 Å². The van der Waals surface area contributed by atoms with E-state index in [2.05, 4.69) is 13.8 Å². The molecule has 0 spiro atoms. The third kappa shape index (κ3) is 11.5. The van der Waals surface area contributed by atoms with Crippen LogP contribution in [0.1, 0.15) is 39.5 Å². The highest BCUT2D eigenvalue weighted by atomic mass is 16.0. The summed E-state index contributed by atoms with van der Waals surface area (Å²) < 4.78 is 0. The highest BCUT2D eigenvalue weighted by molar-refractivity contribution is 4.51. The van der Waals surface area contributed by atoms with Crippen LogP contribution in [0.5, 0.6) is 0 Å². The van der Waals surface area contributed by atoms with Gasteiger partial charge in [0.25, 0.3) is 0 Å². The van der Waals surface area contributed by atoms with E-state index in [1.807, 2.05) is 0 Å². The average molecular weight is 133 g/mol. The van der Waals surface area contributed by atoms with E-state index >= 15 is 0 Å². The second-order valence-corrected chi connectivity index (χ2v) is 2.47. The van der Waals surface area contributed by atoms with Crippen molar-refractivity contribution in [2.45, 2.75) is 45.6 Å². The third-order valence-electron chi connectivity index (χ3n) is 1.26. The highest BCUT2D eigenvalue weighted by Crippen LogP contribution is 1.99. The van der Waals surface area contributed by atoms with Gasteiger partial charge in [-0.3, -0.25) is 0 Å². The van der Waals surface area contributed by atoms with Crippen molar-refractivity contribution in [1.82, 2.24) is 0 Å². The molecule has 0 aromatic rings. The van der Waals surface area contributed by atoms with Crippen molar-refractivity contribution in [3.8, 4) is 0 Å². The van der Waals surface area contributed by atoms with Crippen molar-refractivity contribution >= 4 is 0 Å². The Morgan fingerprint density at radius 1 is 1.33 bits per heavy atom. The molecule has 2 heteroatoms. The SMILES string of the molecule is CCCCCC(C)N.O. The fourth-order valence-corrected chi connectivity index (χ4v) is 0.716. The van der Waals surface area contributed by atoms with Crippen molar-refractivity contribution in [3.05, 3.63) is 0 Å². The minimum atomic E-state index is 0. The summed E-state index contributed by atoms with van der Waals surface area (Å²) in [5.74, 6) is 0. The fourth-order valence-electron chi connectivity index (χ4n) is 0.716. The molecule has 0 fully saturated rings. The van der Waals surface area contributed by atoms with Gasteiger partial charge in [-0.15, -0.1) is 0 Å². The summed E-state index contributed by atoms with van der Waals surface area (Å²) in [6.07, 6.45) is 5.12. The van der Waals surface area contributed by atoms with E-state index in [1.165, 1.54) is 25.7 Å². The molecule has 0 heterocycles. The van der Waals surface area contributed by atoms with Crippen LogP contribution in [0.4, 0.5) is 0 Å². The number of hydrogen-bond acceptors (Lipinski definition) is 1. The van der Waals surface area contributed by atoms with E-state index < -0.39 is 0 Å². The van der Waals surface area contributed by atoms with Crippen LogP contribution in [-0.2, 0) is 0 Å². The normalized spacial score (nSPS) is 12.3. The molecule has 0 saturated heterocycles. The Kier molecular flexibility index (Phi) is 10.3. The Bertz CT molecular complexity index is 46.2. The summed E-state index contributed by atoms with van der Waals surface area (Å²) in [5.41, 5.74) is 5.53. The lowest BCUT2D eigenvalue weighted by molar-refractivity contribution is 0.592. The van der Waals surface area contributed by atoms with Crippen LogP contribution in [0.2, 0.25) is 0 Å². The van der Waals surface area contributed by atoms with Gasteiger partial charge in [0.05, 0.1) is 0 Å². The van der Waals surface area contributed by atoms with Crippen LogP contribution in [0, 0.1) is 0 Å². The molecule has 0 radical (unpaired) electrons. The molecule has 0 aliphatic heterocycles. The van der Waals surface area contributed by atoms with Crippen molar-refractivity contribution in [3.63, 3.8) is 0 Å². The minimum absolute atomic E-state index is 0. The van der Waals surface area contributed by atoms with Gasteiger partial charge in [-0.05, 0) is 13.3 Å². The van der Waals surface area contributed by atoms with E-state index in [0.29, 0.717) is 6.04 Å². The summed E-state index contributed by atoms with van der Waals surface area (Å²) in [5, 5.41) is 0. The van der Waals surface area contributed by atoms with Crippen molar-refractivity contribution in [2.24, 2.45) is 5.73 Å². The first kappa shape index (κ1) is 11.7. The summed E-state index contributed by atoms with van der Waals surface area (Å²) >= 11 is 0. The zero-order valence-electron chi connectivity index (χ0n) is 6.48. The van der Waals surface area contributed by atoms with Gasteiger partial charge < -0.3 is 11.2 Å². The Labute approximate surface area is 57.7 Å². The molecule has 4 N–H and O–H groups in total. The van der Waals surface area contributed by atoms with E-state index in [4.69, 9.17) is 5.73 Å². The monoisotopic (exact) mass is 133 g/mol. The molecule has 0 aromatic carbocycles. The van der Waals surface area contributed by atoms with Gasteiger partial charge in [0, 0.05) is 6.04 Å². The van der Waals surface area contributed by atoms with Crippen molar-refractivity contribution < 1.29 is 5.48 Å². The van der Waals surface area contributed by atoms with Crippen molar-refractivity contribution in [1.29, 1.82) is 0 Å². The number of nitrogens with two attached hydrogens (primary N) is 1. The van der Waals surface area contributed by atoms with Gasteiger partial charge in [-0.1, -0.05) is 26.2 Å². The van der Waals surface area contributed by atoms with Crippen LogP contribution in [0.25, 0.3) is 0 Å². The molecule has 0 aliphatic carbocycles. The number of unbranched alkanes of at least 4 members (excludes halogenated alkanes) is 2. The lowest BCUT2D eigenvalue weighted by Gasteiger charge is -2.01. The summed E-state index contributed by atoms with van der Waals surface area (Å²) in [6.45, 7) is 4.27. The van der Waals surface area contributed by atoms with E-state index in [1.54, 1.807) is 0 Å². The van der Waals surface area contributed by atoms with Gasteiger partial charge in [0.2, 0.25) is 0 Å². The first-order valence-corrected chi connectivity index (χ1v) is 3.53.